The van der Waals surface area contributed by atoms with Gasteiger partial charge in [0.1, 0.15) is 6.54 Å². The average Bonchev–Trinajstić information content (AvgIpc) is 3.16. The number of imidazole rings is 1. The summed E-state index contributed by atoms with van der Waals surface area (Å²) in [4.78, 5) is 29.5. The summed E-state index contributed by atoms with van der Waals surface area (Å²) in [7, 11) is 0. The van der Waals surface area contributed by atoms with Gasteiger partial charge in [-0.3, -0.25) is 9.59 Å². The Hall–Kier alpha value is -4.07. The predicted octanol–water partition coefficient (Wildman–Crippen LogP) is 4.44. The number of benzene rings is 3. The topological polar surface area (TPSA) is 76.0 Å². The third-order valence-corrected chi connectivity index (χ3v) is 5.07. The third kappa shape index (κ3) is 4.49. The lowest BCUT2D eigenvalue weighted by Crippen LogP contribution is -2.28. The molecule has 0 saturated carbocycles. The molecule has 0 aliphatic carbocycles. The van der Waals surface area contributed by atoms with Crippen LogP contribution in [0.3, 0.4) is 0 Å². The highest BCUT2D eigenvalue weighted by atomic mass is 19.2. The van der Waals surface area contributed by atoms with Gasteiger partial charge in [0.2, 0.25) is 5.91 Å². The van der Waals surface area contributed by atoms with Crippen LogP contribution in [0.5, 0.6) is 0 Å². The standard InChI is InChI=1S/C24H20F2N4O2/c1-15(16-7-3-2-4-8-16)28-24(32)17-9-5-6-10-20(17)29-23(31)13-30-14-27-21-11-18(25)19(26)12-22(21)30/h2-12,14-15H,13H2,1H3,(H,28,32)(H,29,31). The fraction of sp³-hybridized carbons (Fsp3) is 0.125. The van der Waals surface area contributed by atoms with Crippen LogP contribution < -0.4 is 10.6 Å². The Balaban J connectivity index is 1.49. The second kappa shape index (κ2) is 8.97. The Kier molecular flexibility index (Phi) is 5.93. The first-order chi connectivity index (χ1) is 15.4. The molecule has 162 valence electrons. The van der Waals surface area contributed by atoms with Crippen molar-refractivity contribution in [1.29, 1.82) is 0 Å². The summed E-state index contributed by atoms with van der Waals surface area (Å²) in [6, 6.07) is 17.9. The Morgan fingerprint density at radius 3 is 2.47 bits per heavy atom. The summed E-state index contributed by atoms with van der Waals surface area (Å²) < 4.78 is 28.4. The van der Waals surface area contributed by atoms with Crippen LogP contribution in [0.25, 0.3) is 11.0 Å². The summed E-state index contributed by atoms with van der Waals surface area (Å²) >= 11 is 0. The van der Waals surface area contributed by atoms with Crippen LogP contribution in [0, 0.1) is 11.6 Å². The van der Waals surface area contributed by atoms with E-state index in [1.807, 2.05) is 37.3 Å². The molecule has 0 radical (unpaired) electrons. The first-order valence-corrected chi connectivity index (χ1v) is 9.97. The fourth-order valence-corrected chi connectivity index (χ4v) is 3.41. The highest BCUT2D eigenvalue weighted by molar-refractivity contribution is 6.04. The van der Waals surface area contributed by atoms with Crippen LogP contribution in [0.4, 0.5) is 14.5 Å². The number of hydrogen-bond acceptors (Lipinski definition) is 3. The minimum atomic E-state index is -1.02. The Morgan fingerprint density at radius 1 is 1.00 bits per heavy atom. The van der Waals surface area contributed by atoms with Gasteiger partial charge in [-0.15, -0.1) is 0 Å². The number of carbonyl (C=O) groups excluding carboxylic acids is 2. The minimum absolute atomic E-state index is 0.183. The maximum absolute atomic E-state index is 13.6. The Bertz CT molecular complexity index is 1290. The molecular formula is C24H20F2N4O2. The van der Waals surface area contributed by atoms with Crippen molar-refractivity contribution < 1.29 is 18.4 Å². The van der Waals surface area contributed by atoms with Crippen LogP contribution >= 0.6 is 0 Å². The molecule has 1 aromatic heterocycles. The predicted molar refractivity (Wildman–Crippen MR) is 117 cm³/mol. The van der Waals surface area contributed by atoms with Crippen LogP contribution in [0.15, 0.2) is 73.1 Å². The minimum Gasteiger partial charge on any atom is -0.345 e. The van der Waals surface area contributed by atoms with Crippen molar-refractivity contribution in [2.24, 2.45) is 0 Å². The van der Waals surface area contributed by atoms with E-state index >= 15 is 0 Å². The maximum atomic E-state index is 13.6. The second-order valence-electron chi connectivity index (χ2n) is 7.33. The SMILES string of the molecule is CC(NC(=O)c1ccccc1NC(=O)Cn1cnc2cc(F)c(F)cc21)c1ccccc1. The van der Waals surface area contributed by atoms with Gasteiger partial charge in [-0.25, -0.2) is 13.8 Å². The molecule has 8 heteroatoms. The number of hydrogen-bond donors (Lipinski definition) is 2. The van der Waals surface area contributed by atoms with Crippen molar-refractivity contribution in [1.82, 2.24) is 14.9 Å². The normalized spacial score (nSPS) is 11.8. The number of aromatic nitrogens is 2. The highest BCUT2D eigenvalue weighted by Gasteiger charge is 2.17. The Labute approximate surface area is 182 Å². The van der Waals surface area contributed by atoms with E-state index in [0.29, 0.717) is 16.8 Å². The molecule has 32 heavy (non-hydrogen) atoms. The first-order valence-electron chi connectivity index (χ1n) is 9.97. The number of nitrogens with one attached hydrogen (secondary N) is 2. The number of halogens is 2. The largest absolute Gasteiger partial charge is 0.345 e. The summed E-state index contributed by atoms with van der Waals surface area (Å²) in [5.74, 6) is -2.79. The van der Waals surface area contributed by atoms with E-state index < -0.39 is 17.5 Å². The van der Waals surface area contributed by atoms with Gasteiger partial charge in [-0.1, -0.05) is 42.5 Å². The number of para-hydroxylation sites is 1. The molecule has 2 N–H and O–H groups in total. The smallest absolute Gasteiger partial charge is 0.253 e. The van der Waals surface area contributed by atoms with Crippen LogP contribution in [0.2, 0.25) is 0 Å². The summed E-state index contributed by atoms with van der Waals surface area (Å²) in [6.07, 6.45) is 1.34. The van der Waals surface area contributed by atoms with Crippen LogP contribution in [-0.4, -0.2) is 21.4 Å². The molecule has 4 aromatic rings. The number of fused-ring (bicyclic) bond motifs is 1. The lowest BCUT2D eigenvalue weighted by Gasteiger charge is -2.16. The van der Waals surface area contributed by atoms with Crippen molar-refractivity contribution in [2.45, 2.75) is 19.5 Å². The number of carbonyl (C=O) groups is 2. The van der Waals surface area contributed by atoms with E-state index in [9.17, 15) is 18.4 Å². The molecule has 0 aliphatic heterocycles. The molecule has 0 aliphatic rings. The number of rotatable bonds is 6. The molecule has 0 bridgehead atoms. The van der Waals surface area contributed by atoms with E-state index in [2.05, 4.69) is 15.6 Å². The first kappa shape index (κ1) is 21.2. The molecule has 6 nitrogen and oxygen atoms in total. The Morgan fingerprint density at radius 2 is 1.69 bits per heavy atom. The van der Waals surface area contributed by atoms with Gasteiger partial charge in [-0.05, 0) is 24.6 Å². The molecule has 1 unspecified atom stereocenters. The molecule has 1 heterocycles. The van der Waals surface area contributed by atoms with Gasteiger partial charge >= 0.3 is 0 Å². The average molecular weight is 434 g/mol. The lowest BCUT2D eigenvalue weighted by molar-refractivity contribution is -0.116. The molecule has 3 aromatic carbocycles. The lowest BCUT2D eigenvalue weighted by atomic mass is 10.1. The van der Waals surface area contributed by atoms with Crippen molar-refractivity contribution in [2.75, 3.05) is 5.32 Å². The van der Waals surface area contributed by atoms with Crippen LogP contribution in [0.1, 0.15) is 28.9 Å². The molecular weight excluding hydrogens is 414 g/mol. The van der Waals surface area contributed by atoms with Gasteiger partial charge in [0.15, 0.2) is 11.6 Å². The van der Waals surface area contributed by atoms with Crippen molar-refractivity contribution >= 4 is 28.5 Å². The van der Waals surface area contributed by atoms with E-state index in [-0.39, 0.29) is 24.0 Å². The molecule has 1 atom stereocenters. The summed E-state index contributed by atoms with van der Waals surface area (Å²) in [6.45, 7) is 1.69. The molecule has 0 saturated heterocycles. The summed E-state index contributed by atoms with van der Waals surface area (Å²) in [5.41, 5.74) is 2.15. The van der Waals surface area contributed by atoms with Gasteiger partial charge in [0, 0.05) is 12.1 Å². The van der Waals surface area contributed by atoms with Gasteiger partial charge < -0.3 is 15.2 Å². The number of nitrogens with zero attached hydrogens (tertiary/aromatic N) is 2. The third-order valence-electron chi connectivity index (χ3n) is 5.07. The zero-order valence-electron chi connectivity index (χ0n) is 17.2. The zero-order chi connectivity index (χ0) is 22.7. The van der Waals surface area contributed by atoms with Crippen molar-refractivity contribution in [3.8, 4) is 0 Å². The van der Waals surface area contributed by atoms with Gasteiger partial charge in [0.05, 0.1) is 34.7 Å². The molecule has 2 amide bonds. The van der Waals surface area contributed by atoms with Crippen molar-refractivity contribution in [3.05, 3.63) is 95.8 Å². The number of amides is 2. The van der Waals surface area contributed by atoms with Gasteiger partial charge in [-0.2, -0.15) is 0 Å². The quantitative estimate of drug-likeness (QED) is 0.471. The monoisotopic (exact) mass is 434 g/mol. The second-order valence-corrected chi connectivity index (χ2v) is 7.33. The summed E-state index contributed by atoms with van der Waals surface area (Å²) in [5, 5.41) is 5.64. The molecule has 0 fully saturated rings. The van der Waals surface area contributed by atoms with E-state index in [1.165, 1.54) is 10.9 Å². The highest BCUT2D eigenvalue weighted by Crippen LogP contribution is 2.20. The molecule has 0 spiro atoms. The number of anilines is 1. The maximum Gasteiger partial charge on any atom is 0.253 e. The van der Waals surface area contributed by atoms with E-state index in [1.54, 1.807) is 24.3 Å². The van der Waals surface area contributed by atoms with Crippen molar-refractivity contribution in [3.63, 3.8) is 0 Å². The zero-order valence-corrected chi connectivity index (χ0v) is 17.2. The van der Waals surface area contributed by atoms with Crippen LogP contribution in [-0.2, 0) is 11.3 Å². The van der Waals surface area contributed by atoms with E-state index in [0.717, 1.165) is 17.7 Å². The molecule has 4 rings (SSSR count). The van der Waals surface area contributed by atoms with E-state index in [4.69, 9.17) is 0 Å². The fourth-order valence-electron chi connectivity index (χ4n) is 3.41. The van der Waals surface area contributed by atoms with Gasteiger partial charge in [0.25, 0.3) is 5.91 Å².